The number of hydrogen-bond acceptors (Lipinski definition) is 4. The highest BCUT2D eigenvalue weighted by Crippen LogP contribution is 2.75. The zero-order valence-electron chi connectivity index (χ0n) is 24.1. The first kappa shape index (κ1) is 26.8. The Morgan fingerprint density at radius 1 is 1.00 bits per heavy atom. The van der Waals surface area contributed by atoms with Gasteiger partial charge in [-0.3, -0.25) is 9.59 Å². The maximum atomic E-state index is 14.4. The molecular weight excluding hydrogens is 464 g/mol. The molecule has 3 unspecified atom stereocenters. The number of rotatable bonds is 2. The molecule has 4 heteroatoms. The second-order valence-corrected chi connectivity index (χ2v) is 15.7. The van der Waals surface area contributed by atoms with E-state index in [1.54, 1.807) is 0 Å². The molecule has 5 aliphatic rings. The lowest BCUT2D eigenvalue weighted by molar-refractivity contribution is -0.189. The Hall–Kier alpha value is -0.770. The highest BCUT2D eigenvalue weighted by molar-refractivity contribution is 7.81. The molecule has 4 saturated carbocycles. The van der Waals surface area contributed by atoms with Crippen LogP contribution < -0.4 is 0 Å². The van der Waals surface area contributed by atoms with Gasteiger partial charge < -0.3 is 4.74 Å². The topological polar surface area (TPSA) is 43.4 Å². The third-order valence-electron chi connectivity index (χ3n) is 13.7. The van der Waals surface area contributed by atoms with Crippen molar-refractivity contribution in [2.75, 3.05) is 7.11 Å². The first-order valence-corrected chi connectivity index (χ1v) is 15.2. The van der Waals surface area contributed by atoms with Crippen molar-refractivity contribution in [2.45, 2.75) is 112 Å². The van der Waals surface area contributed by atoms with Crippen LogP contribution >= 0.6 is 12.6 Å². The summed E-state index contributed by atoms with van der Waals surface area (Å²) in [6, 6.07) is 0. The number of carbonyl (C=O) groups excluding carboxylic acids is 2. The molecule has 0 aromatic heterocycles. The zero-order valence-corrected chi connectivity index (χ0v) is 25.0. The van der Waals surface area contributed by atoms with Crippen LogP contribution in [0.3, 0.4) is 0 Å². The maximum absolute atomic E-state index is 14.4. The summed E-state index contributed by atoms with van der Waals surface area (Å²) >= 11 is 5.04. The van der Waals surface area contributed by atoms with Crippen LogP contribution in [0.5, 0.6) is 0 Å². The van der Waals surface area contributed by atoms with E-state index in [-0.39, 0.29) is 38.8 Å². The van der Waals surface area contributed by atoms with Crippen molar-refractivity contribution in [1.82, 2.24) is 0 Å². The summed E-state index contributed by atoms with van der Waals surface area (Å²) in [5.41, 5.74) is 1.46. The number of hydrogen-bond donors (Lipinski definition) is 1. The molecule has 0 aromatic carbocycles. The van der Waals surface area contributed by atoms with E-state index < -0.39 is 0 Å². The fourth-order valence-electron chi connectivity index (χ4n) is 11.1. The molecule has 11 atom stereocenters. The maximum Gasteiger partial charge on any atom is 0.306 e. The molecule has 3 nitrogen and oxygen atoms in total. The van der Waals surface area contributed by atoms with Gasteiger partial charge >= 0.3 is 5.97 Å². The molecule has 0 amide bonds. The van der Waals surface area contributed by atoms with Gasteiger partial charge in [0.2, 0.25) is 0 Å². The summed E-state index contributed by atoms with van der Waals surface area (Å²) in [7, 11) is 1.49. The Bertz CT molecular complexity index is 988. The number of fused-ring (bicyclic) bond motifs is 7. The molecule has 0 bridgehead atoms. The van der Waals surface area contributed by atoms with Gasteiger partial charge in [0, 0.05) is 11.2 Å². The third-order valence-corrected chi connectivity index (χ3v) is 14.5. The van der Waals surface area contributed by atoms with Crippen molar-refractivity contribution in [1.29, 1.82) is 0 Å². The highest BCUT2D eigenvalue weighted by atomic mass is 32.1. The van der Waals surface area contributed by atoms with Crippen LogP contribution in [-0.4, -0.2) is 24.1 Å². The van der Waals surface area contributed by atoms with Crippen LogP contribution in [0.2, 0.25) is 0 Å². The van der Waals surface area contributed by atoms with E-state index in [4.69, 9.17) is 17.4 Å². The van der Waals surface area contributed by atoms with Crippen LogP contribution in [0.1, 0.15) is 106 Å². The summed E-state index contributed by atoms with van der Waals surface area (Å²) in [6.07, 6.45) is 11.7. The molecule has 0 aromatic rings. The Labute approximate surface area is 225 Å². The van der Waals surface area contributed by atoms with Gasteiger partial charge in [-0.2, -0.15) is 12.6 Å². The molecule has 0 heterocycles. The average Bonchev–Trinajstić information content (AvgIpc) is 2.81. The fraction of sp³-hybridized carbons (Fsp3) is 0.875. The smallest absolute Gasteiger partial charge is 0.306 e. The summed E-state index contributed by atoms with van der Waals surface area (Å²) in [5.74, 6) is 2.39. The molecule has 202 valence electrons. The first-order chi connectivity index (χ1) is 16.7. The largest absolute Gasteiger partial charge is 0.469 e. The van der Waals surface area contributed by atoms with Crippen LogP contribution in [0, 0.1) is 56.7 Å². The van der Waals surface area contributed by atoms with Crippen molar-refractivity contribution < 1.29 is 14.3 Å². The number of esters is 1. The molecule has 0 radical (unpaired) electrons. The van der Waals surface area contributed by atoms with Gasteiger partial charge in [-0.15, -0.1) is 0 Å². The van der Waals surface area contributed by atoms with Gasteiger partial charge in [0.1, 0.15) is 0 Å². The summed E-state index contributed by atoms with van der Waals surface area (Å²) in [5, 5.41) is 0.152. The Kier molecular flexibility index (Phi) is 6.23. The molecule has 0 N–H and O–H groups in total. The Balaban J connectivity index is 1.61. The summed E-state index contributed by atoms with van der Waals surface area (Å²) in [4.78, 5) is 27.0. The van der Waals surface area contributed by atoms with Gasteiger partial charge in [0.15, 0.2) is 5.78 Å². The van der Waals surface area contributed by atoms with Crippen LogP contribution in [0.25, 0.3) is 0 Å². The van der Waals surface area contributed by atoms with Crippen molar-refractivity contribution in [3.63, 3.8) is 0 Å². The number of methoxy groups -OCH3 is 1. The fourth-order valence-corrected chi connectivity index (χ4v) is 11.5. The van der Waals surface area contributed by atoms with Crippen LogP contribution in [0.15, 0.2) is 11.6 Å². The van der Waals surface area contributed by atoms with Crippen LogP contribution in [0.4, 0.5) is 0 Å². The minimum atomic E-state index is -0.256. The Morgan fingerprint density at radius 2 is 1.69 bits per heavy atom. The standard InChI is InChI=1S/C32H50O3S/c1-19-9-12-28(3)15-16-31(6)21(26(28)20(19)2)17-22(33)27-29(4)13-11-24(36)30(5,18-25(34)35-8)23(29)10-14-32(27,31)7/h17,19-20,23-24,26-27,36H,9-16,18H2,1-8H3/t19-,20+,23?,24-,26?,27?,28-,29+,30-,31-,32-/m1/s1. The van der Waals surface area contributed by atoms with E-state index in [9.17, 15) is 9.59 Å². The number of allylic oxidation sites excluding steroid dienone is 2. The predicted octanol–water partition coefficient (Wildman–Crippen LogP) is 7.68. The van der Waals surface area contributed by atoms with E-state index in [2.05, 4.69) is 54.5 Å². The molecule has 0 aliphatic heterocycles. The normalized spacial score (nSPS) is 54.4. The quantitative estimate of drug-likeness (QED) is 0.303. The molecule has 0 spiro atoms. The van der Waals surface area contributed by atoms with Crippen molar-refractivity contribution in [2.24, 2.45) is 56.7 Å². The van der Waals surface area contributed by atoms with Gasteiger partial charge in [0.25, 0.3) is 0 Å². The third kappa shape index (κ3) is 3.30. The van der Waals surface area contributed by atoms with Crippen molar-refractivity contribution in [3.8, 4) is 0 Å². The lowest BCUT2D eigenvalue weighted by atomic mass is 9.33. The number of carbonyl (C=O) groups is 2. The van der Waals surface area contributed by atoms with E-state index >= 15 is 0 Å². The van der Waals surface area contributed by atoms with Crippen molar-refractivity contribution in [3.05, 3.63) is 11.6 Å². The van der Waals surface area contributed by atoms with Gasteiger partial charge in [-0.1, -0.05) is 54.0 Å². The minimum absolute atomic E-state index is 0.0102. The number of ether oxygens (including phenoxy) is 1. The minimum Gasteiger partial charge on any atom is -0.469 e. The van der Waals surface area contributed by atoms with Gasteiger partial charge in [-0.05, 0) is 108 Å². The number of ketones is 1. The number of thiol groups is 1. The monoisotopic (exact) mass is 514 g/mol. The molecular formula is C32H50O3S. The molecule has 36 heavy (non-hydrogen) atoms. The predicted molar refractivity (Wildman–Crippen MR) is 149 cm³/mol. The summed E-state index contributed by atoms with van der Waals surface area (Å²) in [6.45, 7) is 17.1. The van der Waals surface area contributed by atoms with E-state index in [0.717, 1.165) is 25.7 Å². The van der Waals surface area contributed by atoms with Crippen LogP contribution in [-0.2, 0) is 14.3 Å². The molecule has 4 fully saturated rings. The van der Waals surface area contributed by atoms with Gasteiger partial charge in [-0.25, -0.2) is 0 Å². The lowest BCUT2D eigenvalue weighted by Gasteiger charge is -2.71. The molecule has 5 rings (SSSR count). The lowest BCUT2D eigenvalue weighted by Crippen LogP contribution is -2.67. The zero-order chi connectivity index (χ0) is 26.5. The highest BCUT2D eigenvalue weighted by Gasteiger charge is 2.70. The Morgan fingerprint density at radius 3 is 2.36 bits per heavy atom. The second-order valence-electron chi connectivity index (χ2n) is 15.1. The SMILES string of the molecule is COC(=O)C[C@]1(C)C2CC[C@]3(C)C(C(=O)C=C4C5[C@@H](C)[C@H](C)CC[C@]5(C)CC[C@]43C)[C@@]2(C)CC[C@H]1S. The summed E-state index contributed by atoms with van der Waals surface area (Å²) < 4.78 is 5.14. The first-order valence-electron chi connectivity index (χ1n) is 14.7. The van der Waals surface area contributed by atoms with Gasteiger partial charge in [0.05, 0.1) is 13.5 Å². The van der Waals surface area contributed by atoms with Crippen molar-refractivity contribution >= 4 is 24.4 Å². The second kappa shape index (κ2) is 8.36. The molecule has 5 aliphatic carbocycles. The molecule has 0 saturated heterocycles. The van der Waals surface area contributed by atoms with E-state index in [0.29, 0.717) is 41.3 Å². The average molecular weight is 515 g/mol. The van der Waals surface area contributed by atoms with E-state index in [1.807, 2.05) is 0 Å². The van der Waals surface area contributed by atoms with E-state index in [1.165, 1.54) is 38.4 Å².